The molecule has 1 aliphatic rings. The van der Waals surface area contributed by atoms with Crippen molar-refractivity contribution in [2.24, 2.45) is 4.99 Å². The Morgan fingerprint density at radius 1 is 1.31 bits per heavy atom. The summed E-state index contributed by atoms with van der Waals surface area (Å²) < 4.78 is 17.1. The number of methoxy groups -OCH3 is 1. The van der Waals surface area contributed by atoms with Gasteiger partial charge in [0.1, 0.15) is 0 Å². The van der Waals surface area contributed by atoms with Crippen molar-refractivity contribution in [2.45, 2.75) is 6.92 Å². The second kappa shape index (κ2) is 8.09. The van der Waals surface area contributed by atoms with Gasteiger partial charge in [0.05, 0.1) is 18.7 Å². The molecule has 2 aromatic rings. The van der Waals surface area contributed by atoms with Gasteiger partial charge in [0.25, 0.3) is 0 Å². The maximum absolute atomic E-state index is 12.2. The minimum atomic E-state index is -0.511. The van der Waals surface area contributed by atoms with Gasteiger partial charge in [-0.15, -0.1) is 0 Å². The first-order valence-corrected chi connectivity index (χ1v) is 9.26. The van der Waals surface area contributed by atoms with E-state index in [-0.39, 0.29) is 11.6 Å². The van der Waals surface area contributed by atoms with Gasteiger partial charge >= 0.3 is 5.97 Å². The van der Waals surface area contributed by atoms with Crippen LogP contribution in [0.4, 0.5) is 0 Å². The standard InChI is InChI=1S/C19H15ClINO4/c1-3-25-17-14(20)7-11(9-16(17)24-2)8-15-19(23)26-18(22-15)12-5-4-6-13(21)10-12/h4-10H,3H2,1-2H3/b15-8+. The molecule has 0 N–H and O–H groups in total. The number of ether oxygens (including phenoxy) is 3. The van der Waals surface area contributed by atoms with E-state index >= 15 is 0 Å². The number of nitrogens with zero attached hydrogens (tertiary/aromatic N) is 1. The molecule has 0 saturated heterocycles. The third-order valence-electron chi connectivity index (χ3n) is 3.54. The van der Waals surface area contributed by atoms with E-state index in [9.17, 15) is 4.79 Å². The molecule has 1 aliphatic heterocycles. The van der Waals surface area contributed by atoms with Crippen molar-refractivity contribution >= 4 is 52.1 Å². The van der Waals surface area contributed by atoms with E-state index in [4.69, 9.17) is 25.8 Å². The molecule has 0 unspecified atom stereocenters. The van der Waals surface area contributed by atoms with E-state index in [2.05, 4.69) is 27.6 Å². The normalized spacial score (nSPS) is 15.0. The molecule has 1 heterocycles. The Kier molecular flexibility index (Phi) is 5.83. The summed E-state index contributed by atoms with van der Waals surface area (Å²) in [6.45, 7) is 2.33. The lowest BCUT2D eigenvalue weighted by Gasteiger charge is -2.11. The lowest BCUT2D eigenvalue weighted by molar-refractivity contribution is -0.129. The smallest absolute Gasteiger partial charge is 0.363 e. The van der Waals surface area contributed by atoms with Crippen molar-refractivity contribution in [2.75, 3.05) is 13.7 Å². The first-order chi connectivity index (χ1) is 12.5. The second-order valence-corrected chi connectivity index (χ2v) is 6.97. The predicted molar refractivity (Wildman–Crippen MR) is 109 cm³/mol. The van der Waals surface area contributed by atoms with Gasteiger partial charge in [-0.2, -0.15) is 0 Å². The zero-order valence-electron chi connectivity index (χ0n) is 14.1. The number of hydrogen-bond donors (Lipinski definition) is 0. The molecule has 0 radical (unpaired) electrons. The van der Waals surface area contributed by atoms with E-state index in [0.717, 1.165) is 9.13 Å². The zero-order valence-corrected chi connectivity index (χ0v) is 17.0. The van der Waals surface area contributed by atoms with Gasteiger partial charge in [-0.1, -0.05) is 17.7 Å². The first kappa shape index (κ1) is 18.7. The van der Waals surface area contributed by atoms with Crippen molar-refractivity contribution in [3.8, 4) is 11.5 Å². The number of rotatable bonds is 5. The highest BCUT2D eigenvalue weighted by Gasteiger charge is 2.24. The average Bonchev–Trinajstić information content (AvgIpc) is 2.98. The summed E-state index contributed by atoms with van der Waals surface area (Å²) in [7, 11) is 1.53. The minimum absolute atomic E-state index is 0.196. The summed E-state index contributed by atoms with van der Waals surface area (Å²) >= 11 is 8.46. The molecule has 26 heavy (non-hydrogen) atoms. The van der Waals surface area contributed by atoms with Crippen LogP contribution in [0.1, 0.15) is 18.1 Å². The molecule has 5 nitrogen and oxygen atoms in total. The van der Waals surface area contributed by atoms with Gasteiger partial charge in [-0.25, -0.2) is 9.79 Å². The van der Waals surface area contributed by atoms with Crippen LogP contribution in [0.25, 0.3) is 6.08 Å². The van der Waals surface area contributed by atoms with Crippen LogP contribution < -0.4 is 9.47 Å². The molecule has 0 aromatic heterocycles. The van der Waals surface area contributed by atoms with Gasteiger partial charge in [-0.3, -0.25) is 0 Å². The molecule has 0 saturated carbocycles. The van der Waals surface area contributed by atoms with Gasteiger partial charge in [0.15, 0.2) is 17.2 Å². The second-order valence-electron chi connectivity index (χ2n) is 5.31. The fourth-order valence-corrected chi connectivity index (χ4v) is 3.24. The van der Waals surface area contributed by atoms with E-state index in [1.807, 2.05) is 31.2 Å². The van der Waals surface area contributed by atoms with Crippen LogP contribution in [-0.2, 0) is 9.53 Å². The number of esters is 1. The quantitative estimate of drug-likeness (QED) is 0.352. The SMILES string of the molecule is CCOc1c(Cl)cc(/C=C2/N=C(c3cccc(I)c3)OC2=O)cc1OC. The summed E-state index contributed by atoms with van der Waals surface area (Å²) in [5.41, 5.74) is 1.60. The maximum atomic E-state index is 12.2. The molecule has 0 fully saturated rings. The Labute approximate surface area is 169 Å². The van der Waals surface area contributed by atoms with Crippen molar-refractivity contribution in [3.05, 3.63) is 61.8 Å². The van der Waals surface area contributed by atoms with Crippen LogP contribution in [-0.4, -0.2) is 25.6 Å². The predicted octanol–water partition coefficient (Wildman–Crippen LogP) is 4.70. The monoisotopic (exact) mass is 483 g/mol. The zero-order chi connectivity index (χ0) is 18.7. The fraction of sp³-hybridized carbons (Fsp3) is 0.158. The average molecular weight is 484 g/mol. The Morgan fingerprint density at radius 3 is 2.81 bits per heavy atom. The van der Waals surface area contributed by atoms with E-state index in [1.54, 1.807) is 18.2 Å². The highest BCUT2D eigenvalue weighted by atomic mass is 127. The van der Waals surface area contributed by atoms with Crippen LogP contribution >= 0.6 is 34.2 Å². The number of carbonyl (C=O) groups excluding carboxylic acids is 1. The Balaban J connectivity index is 1.97. The summed E-state index contributed by atoms with van der Waals surface area (Å²) in [5, 5.41) is 0.395. The molecular weight excluding hydrogens is 469 g/mol. The third kappa shape index (κ3) is 4.02. The van der Waals surface area contributed by atoms with Crippen LogP contribution in [0.3, 0.4) is 0 Å². The minimum Gasteiger partial charge on any atom is -0.493 e. The van der Waals surface area contributed by atoms with Crippen molar-refractivity contribution in [1.29, 1.82) is 0 Å². The molecule has 0 bridgehead atoms. The lowest BCUT2D eigenvalue weighted by Crippen LogP contribution is -2.05. The number of cyclic esters (lactones) is 1. The van der Waals surface area contributed by atoms with Crippen LogP contribution in [0.2, 0.25) is 5.02 Å². The van der Waals surface area contributed by atoms with E-state index in [1.165, 1.54) is 7.11 Å². The highest BCUT2D eigenvalue weighted by molar-refractivity contribution is 14.1. The third-order valence-corrected chi connectivity index (χ3v) is 4.49. The topological polar surface area (TPSA) is 57.1 Å². The lowest BCUT2D eigenvalue weighted by atomic mass is 10.1. The maximum Gasteiger partial charge on any atom is 0.363 e. The molecule has 0 spiro atoms. The molecular formula is C19H15ClINO4. The summed E-state index contributed by atoms with van der Waals surface area (Å²) in [4.78, 5) is 16.5. The number of halogens is 2. The van der Waals surface area contributed by atoms with Gasteiger partial charge in [-0.05, 0) is 71.5 Å². The largest absolute Gasteiger partial charge is 0.493 e. The van der Waals surface area contributed by atoms with Gasteiger partial charge in [0, 0.05) is 9.13 Å². The van der Waals surface area contributed by atoms with Crippen molar-refractivity contribution < 1.29 is 19.0 Å². The number of hydrogen-bond acceptors (Lipinski definition) is 5. The molecule has 3 rings (SSSR count). The van der Waals surface area contributed by atoms with Crippen molar-refractivity contribution in [3.63, 3.8) is 0 Å². The number of benzene rings is 2. The number of carbonyl (C=O) groups is 1. The van der Waals surface area contributed by atoms with Crippen LogP contribution in [0.15, 0.2) is 47.1 Å². The summed E-state index contributed by atoms with van der Waals surface area (Å²) in [5.74, 6) is 0.724. The Morgan fingerprint density at radius 2 is 2.12 bits per heavy atom. The summed E-state index contributed by atoms with van der Waals surface area (Å²) in [6.07, 6.45) is 1.60. The Bertz CT molecular complexity index is 924. The summed E-state index contributed by atoms with van der Waals surface area (Å²) in [6, 6.07) is 11.0. The van der Waals surface area contributed by atoms with Crippen LogP contribution in [0, 0.1) is 3.57 Å². The van der Waals surface area contributed by atoms with Crippen LogP contribution in [0.5, 0.6) is 11.5 Å². The number of aliphatic imine (C=N–C) groups is 1. The molecule has 134 valence electrons. The first-order valence-electron chi connectivity index (χ1n) is 7.80. The van der Waals surface area contributed by atoms with Gasteiger partial charge in [0.2, 0.25) is 5.90 Å². The Hall–Kier alpha value is -2.06. The van der Waals surface area contributed by atoms with E-state index in [0.29, 0.717) is 28.7 Å². The molecule has 0 aliphatic carbocycles. The van der Waals surface area contributed by atoms with E-state index < -0.39 is 5.97 Å². The molecule has 2 aromatic carbocycles. The molecule has 0 atom stereocenters. The molecule has 7 heteroatoms. The molecule has 0 amide bonds. The highest BCUT2D eigenvalue weighted by Crippen LogP contribution is 2.37. The van der Waals surface area contributed by atoms with Gasteiger partial charge < -0.3 is 14.2 Å². The fourth-order valence-electron chi connectivity index (χ4n) is 2.42. The van der Waals surface area contributed by atoms with Crippen molar-refractivity contribution in [1.82, 2.24) is 0 Å².